The molecule has 3 heteroatoms. The van der Waals surface area contributed by atoms with Gasteiger partial charge in [-0.3, -0.25) is 0 Å². The van der Waals surface area contributed by atoms with Crippen LogP contribution in [0.4, 0.5) is 0 Å². The molecule has 0 fully saturated rings. The van der Waals surface area contributed by atoms with Gasteiger partial charge in [0.05, 0.1) is 0 Å². The van der Waals surface area contributed by atoms with Crippen LogP contribution in [0.5, 0.6) is 5.75 Å². The Bertz CT molecular complexity index is 721. The molecule has 0 aromatic heterocycles. The normalized spacial score (nSPS) is 14.6. The van der Waals surface area contributed by atoms with E-state index in [4.69, 9.17) is 0 Å². The molecule has 0 heterocycles. The topological polar surface area (TPSA) is 23.5 Å². The van der Waals surface area contributed by atoms with Crippen LogP contribution in [0.25, 0.3) is 5.57 Å². The van der Waals surface area contributed by atoms with Crippen LogP contribution >= 0.6 is 12.4 Å². The smallest absolute Gasteiger partial charge is 0.116 e. The largest absolute Gasteiger partial charge is 0.508 e. The molecule has 0 saturated carbocycles. The highest BCUT2D eigenvalue weighted by molar-refractivity contribution is 5.85. The van der Waals surface area contributed by atoms with Crippen LogP contribution in [-0.2, 0) is 6.42 Å². The Kier molecular flexibility index (Phi) is 6.47. The molecule has 2 aromatic carbocycles. The minimum atomic E-state index is 0. The Morgan fingerprint density at radius 2 is 1.71 bits per heavy atom. The van der Waals surface area contributed by atoms with E-state index in [1.807, 2.05) is 12.1 Å². The summed E-state index contributed by atoms with van der Waals surface area (Å²) in [4.78, 5) is 2.24. The molecule has 0 bridgehead atoms. The van der Waals surface area contributed by atoms with Gasteiger partial charge in [0.1, 0.15) is 5.75 Å². The summed E-state index contributed by atoms with van der Waals surface area (Å²) in [5.41, 5.74) is 6.64. The van der Waals surface area contributed by atoms with Gasteiger partial charge in [-0.05, 0) is 79.7 Å². The maximum absolute atomic E-state index is 9.95. The fourth-order valence-electron chi connectivity index (χ4n) is 3.51. The zero-order chi connectivity index (χ0) is 16.2. The molecule has 1 aliphatic carbocycles. The second kappa shape index (κ2) is 8.36. The summed E-state index contributed by atoms with van der Waals surface area (Å²) in [7, 11) is 4.25. The quantitative estimate of drug-likeness (QED) is 0.856. The molecule has 0 atom stereocenters. The number of phenols is 1. The molecule has 0 aliphatic heterocycles. The van der Waals surface area contributed by atoms with Gasteiger partial charge < -0.3 is 10.0 Å². The first-order valence-electron chi connectivity index (χ1n) is 8.39. The Balaban J connectivity index is 0.00000208. The van der Waals surface area contributed by atoms with Crippen molar-refractivity contribution < 1.29 is 5.11 Å². The molecule has 2 nitrogen and oxygen atoms in total. The SMILES string of the molecule is CN(C)CC1=C(c2cccc(O)c2)c2ccccc2CCCC1.Cl. The maximum atomic E-state index is 9.95. The second-order valence-corrected chi connectivity index (χ2v) is 6.63. The number of nitrogens with zero attached hydrogens (tertiary/aromatic N) is 1. The fraction of sp³-hybridized carbons (Fsp3) is 0.333. The Labute approximate surface area is 151 Å². The van der Waals surface area contributed by atoms with Crippen LogP contribution in [0.1, 0.15) is 36.0 Å². The molecular weight excluding hydrogens is 318 g/mol. The third-order valence-electron chi connectivity index (χ3n) is 4.46. The summed E-state index contributed by atoms with van der Waals surface area (Å²) in [5.74, 6) is 0.332. The first-order chi connectivity index (χ1) is 11.1. The van der Waals surface area contributed by atoms with E-state index in [-0.39, 0.29) is 12.4 Å². The van der Waals surface area contributed by atoms with E-state index >= 15 is 0 Å². The van der Waals surface area contributed by atoms with E-state index in [1.54, 1.807) is 6.07 Å². The molecule has 1 aliphatic rings. The number of phenolic OH excluding ortho intramolecular Hbond substituents is 1. The van der Waals surface area contributed by atoms with E-state index in [2.05, 4.69) is 49.3 Å². The maximum Gasteiger partial charge on any atom is 0.116 e. The van der Waals surface area contributed by atoms with Crippen LogP contribution in [0.15, 0.2) is 54.1 Å². The van der Waals surface area contributed by atoms with E-state index in [1.165, 1.54) is 35.1 Å². The molecule has 1 N–H and O–H groups in total. The molecule has 2 aromatic rings. The Morgan fingerprint density at radius 3 is 2.46 bits per heavy atom. The average Bonchev–Trinajstić information content (AvgIpc) is 2.50. The lowest BCUT2D eigenvalue weighted by atomic mass is 9.84. The van der Waals surface area contributed by atoms with Gasteiger partial charge in [0.25, 0.3) is 0 Å². The monoisotopic (exact) mass is 343 g/mol. The van der Waals surface area contributed by atoms with Crippen molar-refractivity contribution in [2.75, 3.05) is 20.6 Å². The van der Waals surface area contributed by atoms with Crippen molar-refractivity contribution in [2.45, 2.75) is 25.7 Å². The van der Waals surface area contributed by atoms with Crippen molar-refractivity contribution in [3.63, 3.8) is 0 Å². The lowest BCUT2D eigenvalue weighted by Gasteiger charge is -2.24. The van der Waals surface area contributed by atoms with Gasteiger partial charge in [0.15, 0.2) is 0 Å². The minimum Gasteiger partial charge on any atom is -0.508 e. The van der Waals surface area contributed by atoms with Crippen LogP contribution in [0.3, 0.4) is 0 Å². The molecule has 0 unspecified atom stereocenters. The Morgan fingerprint density at radius 1 is 0.958 bits per heavy atom. The van der Waals surface area contributed by atoms with Crippen molar-refractivity contribution in [2.24, 2.45) is 0 Å². The van der Waals surface area contributed by atoms with Gasteiger partial charge >= 0.3 is 0 Å². The summed E-state index contributed by atoms with van der Waals surface area (Å²) in [6.45, 7) is 0.958. The van der Waals surface area contributed by atoms with Gasteiger partial charge in [-0.2, -0.15) is 0 Å². The molecule has 3 rings (SSSR count). The molecule has 0 spiro atoms. The molecule has 0 saturated heterocycles. The van der Waals surface area contributed by atoms with Crippen molar-refractivity contribution in [3.8, 4) is 5.75 Å². The highest BCUT2D eigenvalue weighted by atomic mass is 35.5. The summed E-state index contributed by atoms with van der Waals surface area (Å²) in [6.07, 6.45) is 4.71. The number of benzene rings is 2. The number of fused-ring (bicyclic) bond motifs is 1. The van der Waals surface area contributed by atoms with Crippen LogP contribution in [0.2, 0.25) is 0 Å². The van der Waals surface area contributed by atoms with Crippen LogP contribution in [0, 0.1) is 0 Å². The molecule has 0 amide bonds. The third-order valence-corrected chi connectivity index (χ3v) is 4.46. The summed E-state index contributed by atoms with van der Waals surface area (Å²) >= 11 is 0. The molecular formula is C21H26ClNO. The van der Waals surface area contributed by atoms with Gasteiger partial charge in [-0.25, -0.2) is 0 Å². The second-order valence-electron chi connectivity index (χ2n) is 6.63. The predicted molar refractivity (Wildman–Crippen MR) is 104 cm³/mol. The zero-order valence-corrected chi connectivity index (χ0v) is 15.3. The lowest BCUT2D eigenvalue weighted by molar-refractivity contribution is 0.437. The highest BCUT2D eigenvalue weighted by Crippen LogP contribution is 2.35. The zero-order valence-electron chi connectivity index (χ0n) is 14.5. The van der Waals surface area contributed by atoms with Crippen molar-refractivity contribution in [3.05, 3.63) is 70.8 Å². The molecule has 0 radical (unpaired) electrons. The number of hydrogen-bond donors (Lipinski definition) is 1. The molecule has 128 valence electrons. The first-order valence-corrected chi connectivity index (χ1v) is 8.39. The number of hydrogen-bond acceptors (Lipinski definition) is 2. The fourth-order valence-corrected chi connectivity index (χ4v) is 3.51. The first kappa shape index (κ1) is 18.6. The number of likely N-dealkylation sites (N-methyl/N-ethyl adjacent to an activating group) is 1. The standard InChI is InChI=1S/C21H25NO.ClH/c1-22(2)15-18-10-4-3-8-16-9-5-6-13-20(16)21(18)17-11-7-12-19(23)14-17;/h5-7,9,11-14,23H,3-4,8,10,15H2,1-2H3;1H. The van der Waals surface area contributed by atoms with E-state index in [9.17, 15) is 5.11 Å². The third kappa shape index (κ3) is 4.19. The summed E-state index contributed by atoms with van der Waals surface area (Å²) in [6, 6.07) is 16.4. The van der Waals surface area contributed by atoms with Crippen molar-refractivity contribution in [1.29, 1.82) is 0 Å². The van der Waals surface area contributed by atoms with Gasteiger partial charge in [-0.1, -0.05) is 36.4 Å². The van der Waals surface area contributed by atoms with Gasteiger partial charge in [0, 0.05) is 6.54 Å². The van der Waals surface area contributed by atoms with Crippen LogP contribution < -0.4 is 0 Å². The van der Waals surface area contributed by atoms with Crippen molar-refractivity contribution in [1.82, 2.24) is 4.90 Å². The number of rotatable bonds is 3. The van der Waals surface area contributed by atoms with Crippen LogP contribution in [-0.4, -0.2) is 30.6 Å². The van der Waals surface area contributed by atoms with E-state index < -0.39 is 0 Å². The van der Waals surface area contributed by atoms with Crippen molar-refractivity contribution >= 4 is 18.0 Å². The molecule has 24 heavy (non-hydrogen) atoms. The number of aromatic hydroxyl groups is 1. The summed E-state index contributed by atoms with van der Waals surface area (Å²) in [5, 5.41) is 9.95. The van der Waals surface area contributed by atoms with Gasteiger partial charge in [0.2, 0.25) is 0 Å². The highest BCUT2D eigenvalue weighted by Gasteiger charge is 2.18. The van der Waals surface area contributed by atoms with E-state index in [0.717, 1.165) is 24.9 Å². The lowest BCUT2D eigenvalue weighted by Crippen LogP contribution is -2.17. The number of aryl methyl sites for hydroxylation is 1. The summed E-state index contributed by atoms with van der Waals surface area (Å²) < 4.78 is 0. The van der Waals surface area contributed by atoms with Gasteiger partial charge in [-0.15, -0.1) is 12.4 Å². The number of halogens is 1. The minimum absolute atomic E-state index is 0. The predicted octanol–water partition coefficient (Wildman–Crippen LogP) is 4.90. The van der Waals surface area contributed by atoms with E-state index in [0.29, 0.717) is 5.75 Å². The Hall–Kier alpha value is -1.77. The average molecular weight is 344 g/mol.